The number of nitrogens with zero attached hydrogens (tertiary/aromatic N) is 3. The van der Waals surface area contributed by atoms with Gasteiger partial charge in [0.25, 0.3) is 5.91 Å². The Balaban J connectivity index is 0.00000106. The zero-order chi connectivity index (χ0) is 26.7. The SMILES string of the molecule is Nc1nc(=O)c2nc(CNc3ccc(C(=O)N[C@@H](CCC(=O)O)C(=O)O)cc3)cnc2[nH]1.OCCO. The first-order chi connectivity index (χ1) is 17.1. The molecule has 36 heavy (non-hydrogen) atoms. The molecule has 2 aromatic heterocycles. The summed E-state index contributed by atoms with van der Waals surface area (Å²) in [6, 6.07) is 4.86. The van der Waals surface area contributed by atoms with Gasteiger partial charge in [0.1, 0.15) is 6.04 Å². The van der Waals surface area contributed by atoms with Crippen LogP contribution in [0, 0.1) is 0 Å². The Labute approximate surface area is 203 Å². The number of aromatic nitrogens is 4. The van der Waals surface area contributed by atoms with Gasteiger partial charge in [-0.05, 0) is 30.7 Å². The number of nitrogen functional groups attached to an aromatic ring is 1. The van der Waals surface area contributed by atoms with Crippen LogP contribution in [0.4, 0.5) is 11.6 Å². The number of hydrogen-bond acceptors (Lipinski definition) is 11. The van der Waals surface area contributed by atoms with Crippen molar-refractivity contribution in [3.8, 4) is 0 Å². The summed E-state index contributed by atoms with van der Waals surface area (Å²) in [7, 11) is 0. The standard InChI is InChI=1S/C19H19N7O6.C2H6O2/c20-19-25-15-14(17(30)26-19)23-11(8-22-15)7-21-10-3-1-9(2-4-10)16(29)24-12(18(31)32)5-6-13(27)28;3-1-2-4/h1-4,8,12,21H,5-7H2,(H,24,29)(H,27,28)(H,31,32)(H3,20,22,25,26,30);3-4H,1-2H2/t12-;/m0./s1. The van der Waals surface area contributed by atoms with Crippen LogP contribution in [0.3, 0.4) is 0 Å². The van der Waals surface area contributed by atoms with Gasteiger partial charge in [-0.15, -0.1) is 0 Å². The zero-order valence-corrected chi connectivity index (χ0v) is 18.8. The molecule has 1 aromatic carbocycles. The number of rotatable bonds is 10. The lowest BCUT2D eigenvalue weighted by atomic mass is 10.1. The fraction of sp³-hybridized carbons (Fsp3) is 0.286. The van der Waals surface area contributed by atoms with Gasteiger partial charge in [-0.1, -0.05) is 0 Å². The summed E-state index contributed by atoms with van der Waals surface area (Å²) in [5.74, 6) is -3.16. The molecule has 0 radical (unpaired) electrons. The summed E-state index contributed by atoms with van der Waals surface area (Å²) in [5.41, 5.74) is 6.47. The normalized spacial score (nSPS) is 11.2. The average Bonchev–Trinajstić information content (AvgIpc) is 2.85. The van der Waals surface area contributed by atoms with Gasteiger partial charge in [-0.2, -0.15) is 4.98 Å². The van der Waals surface area contributed by atoms with Crippen molar-refractivity contribution in [2.45, 2.75) is 25.4 Å². The van der Waals surface area contributed by atoms with Crippen LogP contribution in [-0.2, 0) is 16.1 Å². The highest BCUT2D eigenvalue weighted by Gasteiger charge is 2.21. The molecule has 0 aliphatic rings. The first kappa shape index (κ1) is 27.6. The third-order valence-electron chi connectivity index (χ3n) is 4.46. The van der Waals surface area contributed by atoms with Crippen molar-refractivity contribution in [2.24, 2.45) is 0 Å². The Bertz CT molecular complexity index is 1260. The van der Waals surface area contributed by atoms with E-state index in [1.165, 1.54) is 18.3 Å². The molecular weight excluding hydrogens is 478 g/mol. The minimum Gasteiger partial charge on any atom is -0.481 e. The van der Waals surface area contributed by atoms with Gasteiger partial charge < -0.3 is 41.8 Å². The van der Waals surface area contributed by atoms with Gasteiger partial charge in [-0.25, -0.2) is 14.8 Å². The molecule has 0 unspecified atom stereocenters. The molecule has 0 saturated heterocycles. The second-order valence-electron chi connectivity index (χ2n) is 7.16. The lowest BCUT2D eigenvalue weighted by molar-refractivity contribution is -0.140. The fourth-order valence-corrected chi connectivity index (χ4v) is 2.76. The minimum absolute atomic E-state index is 0.0524. The predicted molar refractivity (Wildman–Crippen MR) is 126 cm³/mol. The lowest BCUT2D eigenvalue weighted by Gasteiger charge is -2.14. The van der Waals surface area contributed by atoms with Gasteiger partial charge >= 0.3 is 17.5 Å². The predicted octanol–water partition coefficient (Wildman–Crippen LogP) is -1.07. The van der Waals surface area contributed by atoms with Crippen molar-refractivity contribution >= 4 is 40.6 Å². The second kappa shape index (κ2) is 13.3. The van der Waals surface area contributed by atoms with Crippen LogP contribution in [0.1, 0.15) is 28.9 Å². The minimum atomic E-state index is -1.31. The largest absolute Gasteiger partial charge is 0.481 e. The number of aromatic amines is 1. The van der Waals surface area contributed by atoms with Gasteiger partial charge in [-0.3, -0.25) is 14.4 Å². The highest BCUT2D eigenvalue weighted by molar-refractivity contribution is 5.96. The number of hydrogen-bond donors (Lipinski definition) is 8. The first-order valence-corrected chi connectivity index (χ1v) is 10.5. The Morgan fingerprint density at radius 3 is 2.31 bits per heavy atom. The number of aliphatic carboxylic acids is 2. The molecule has 0 aliphatic carbocycles. The zero-order valence-electron chi connectivity index (χ0n) is 18.8. The van der Waals surface area contributed by atoms with Crippen LogP contribution in [-0.4, -0.2) is 77.5 Å². The molecule has 1 atom stereocenters. The summed E-state index contributed by atoms with van der Waals surface area (Å²) in [4.78, 5) is 60.5. The van der Waals surface area contributed by atoms with Crippen molar-refractivity contribution in [3.63, 3.8) is 0 Å². The number of aliphatic hydroxyl groups excluding tert-OH is 2. The second-order valence-corrected chi connectivity index (χ2v) is 7.16. The molecule has 2 heterocycles. The number of carbonyl (C=O) groups excluding carboxylic acids is 1. The molecule has 192 valence electrons. The van der Waals surface area contributed by atoms with Crippen molar-refractivity contribution in [3.05, 3.63) is 52.1 Å². The van der Waals surface area contributed by atoms with E-state index in [9.17, 15) is 19.2 Å². The van der Waals surface area contributed by atoms with Gasteiger partial charge in [0.2, 0.25) is 5.95 Å². The number of carbonyl (C=O) groups is 3. The number of amides is 1. The quantitative estimate of drug-likeness (QED) is 0.164. The number of H-pyrrole nitrogens is 1. The maximum absolute atomic E-state index is 12.3. The van der Waals surface area contributed by atoms with Gasteiger partial charge in [0, 0.05) is 17.7 Å². The average molecular weight is 503 g/mol. The van der Waals surface area contributed by atoms with Crippen LogP contribution >= 0.6 is 0 Å². The summed E-state index contributed by atoms with van der Waals surface area (Å²) < 4.78 is 0. The van der Waals surface area contributed by atoms with Gasteiger partial charge in [0.05, 0.1) is 31.6 Å². The van der Waals surface area contributed by atoms with E-state index in [0.29, 0.717) is 11.4 Å². The molecular formula is C21H25N7O8. The van der Waals surface area contributed by atoms with Crippen molar-refractivity contribution < 1.29 is 34.8 Å². The number of carboxylic acids is 2. The lowest BCUT2D eigenvalue weighted by Crippen LogP contribution is -2.41. The van der Waals surface area contributed by atoms with E-state index < -0.39 is 29.4 Å². The van der Waals surface area contributed by atoms with E-state index in [4.69, 9.17) is 26.2 Å². The third kappa shape index (κ3) is 8.30. The number of benzene rings is 1. The van der Waals surface area contributed by atoms with Crippen LogP contribution < -0.4 is 21.9 Å². The van der Waals surface area contributed by atoms with Gasteiger partial charge in [0.15, 0.2) is 11.2 Å². The van der Waals surface area contributed by atoms with Crippen LogP contribution in [0.15, 0.2) is 35.3 Å². The molecule has 3 aromatic rings. The fourth-order valence-electron chi connectivity index (χ4n) is 2.76. The van der Waals surface area contributed by atoms with E-state index in [-0.39, 0.29) is 55.3 Å². The molecule has 0 spiro atoms. The molecule has 3 rings (SSSR count). The van der Waals surface area contributed by atoms with E-state index in [1.807, 2.05) is 0 Å². The number of carboxylic acid groups (broad SMARTS) is 2. The molecule has 0 bridgehead atoms. The third-order valence-corrected chi connectivity index (χ3v) is 4.46. The number of aliphatic hydroxyl groups is 2. The number of anilines is 2. The Hall–Kier alpha value is -4.63. The molecule has 1 amide bonds. The number of nitrogens with two attached hydrogens (primary N) is 1. The van der Waals surface area contributed by atoms with Crippen LogP contribution in [0.25, 0.3) is 11.2 Å². The Morgan fingerprint density at radius 1 is 1.06 bits per heavy atom. The van der Waals surface area contributed by atoms with Crippen molar-refractivity contribution in [1.29, 1.82) is 0 Å². The highest BCUT2D eigenvalue weighted by Crippen LogP contribution is 2.12. The number of nitrogens with one attached hydrogen (secondary N) is 3. The van der Waals surface area contributed by atoms with E-state index in [0.717, 1.165) is 0 Å². The Kier molecular flexibility index (Phi) is 10.2. The summed E-state index contributed by atoms with van der Waals surface area (Å²) in [5, 5.41) is 38.4. The van der Waals surface area contributed by atoms with E-state index in [1.54, 1.807) is 12.1 Å². The number of fused-ring (bicyclic) bond motifs is 1. The topological polar surface area (TPSA) is 254 Å². The maximum atomic E-state index is 12.3. The maximum Gasteiger partial charge on any atom is 0.326 e. The summed E-state index contributed by atoms with van der Waals surface area (Å²) in [6.45, 7) is -0.0193. The first-order valence-electron chi connectivity index (χ1n) is 10.5. The van der Waals surface area contributed by atoms with Crippen molar-refractivity contribution in [2.75, 3.05) is 24.3 Å². The summed E-state index contributed by atoms with van der Waals surface area (Å²) in [6.07, 6.45) is 0.858. The highest BCUT2D eigenvalue weighted by atomic mass is 16.4. The Morgan fingerprint density at radius 2 is 1.72 bits per heavy atom. The molecule has 0 fully saturated rings. The molecule has 0 aliphatic heterocycles. The van der Waals surface area contributed by atoms with Crippen LogP contribution in [0.5, 0.6) is 0 Å². The monoisotopic (exact) mass is 503 g/mol. The van der Waals surface area contributed by atoms with Crippen molar-refractivity contribution in [1.82, 2.24) is 25.3 Å². The molecule has 0 saturated carbocycles. The molecule has 15 heteroatoms. The smallest absolute Gasteiger partial charge is 0.326 e. The molecule has 9 N–H and O–H groups in total. The van der Waals surface area contributed by atoms with E-state index >= 15 is 0 Å². The summed E-state index contributed by atoms with van der Waals surface area (Å²) >= 11 is 0. The van der Waals surface area contributed by atoms with Crippen LogP contribution in [0.2, 0.25) is 0 Å². The molecule has 15 nitrogen and oxygen atoms in total. The van der Waals surface area contributed by atoms with E-state index in [2.05, 4.69) is 30.6 Å².